The lowest BCUT2D eigenvalue weighted by Gasteiger charge is -2.39. The molecule has 2 heterocycles. The molecule has 6 nitrogen and oxygen atoms in total. The van der Waals surface area contributed by atoms with Crippen LogP contribution in [-0.2, 0) is 11.2 Å². The normalized spacial score (nSPS) is 18.5. The molecule has 176 valence electrons. The van der Waals surface area contributed by atoms with Crippen LogP contribution in [0.15, 0.2) is 42.5 Å². The molecule has 0 aromatic heterocycles. The Balaban J connectivity index is 1.30. The second-order valence-electron chi connectivity index (χ2n) is 9.30. The first-order valence-corrected chi connectivity index (χ1v) is 12.1. The Bertz CT molecular complexity index is 981. The molecular formula is C27H35N3O3. The molecule has 0 radical (unpaired) electrons. The molecule has 2 aliphatic rings. The highest BCUT2D eigenvalue weighted by Gasteiger charge is 2.34. The summed E-state index contributed by atoms with van der Waals surface area (Å²) in [5.41, 5.74) is 4.42. The van der Waals surface area contributed by atoms with Gasteiger partial charge in [-0.25, -0.2) is 4.79 Å². The minimum Gasteiger partial charge on any atom is -0.486 e. The third-order valence-corrected chi connectivity index (χ3v) is 6.74. The third kappa shape index (κ3) is 5.49. The van der Waals surface area contributed by atoms with E-state index in [9.17, 15) is 9.59 Å². The first kappa shape index (κ1) is 23.1. The number of anilines is 1. The minimum absolute atomic E-state index is 0.000928. The largest absolute Gasteiger partial charge is 0.486 e. The summed E-state index contributed by atoms with van der Waals surface area (Å²) >= 11 is 0. The average Bonchev–Trinajstić information content (AvgIpc) is 2.84. The van der Waals surface area contributed by atoms with Gasteiger partial charge in [-0.3, -0.25) is 9.69 Å². The Morgan fingerprint density at radius 2 is 1.73 bits per heavy atom. The first-order chi connectivity index (χ1) is 15.9. The van der Waals surface area contributed by atoms with Crippen molar-refractivity contribution in [2.45, 2.75) is 52.6 Å². The summed E-state index contributed by atoms with van der Waals surface area (Å²) in [5, 5.41) is 3.09. The Kier molecular flexibility index (Phi) is 7.21. The van der Waals surface area contributed by atoms with Gasteiger partial charge in [0.2, 0.25) is 5.91 Å². The van der Waals surface area contributed by atoms with Crippen LogP contribution >= 0.6 is 0 Å². The molecule has 4 rings (SSSR count). The van der Waals surface area contributed by atoms with Gasteiger partial charge >= 0.3 is 6.03 Å². The summed E-state index contributed by atoms with van der Waals surface area (Å²) in [5.74, 6) is 0.845. The number of nitrogens with zero attached hydrogens (tertiary/aromatic N) is 2. The number of benzene rings is 2. The summed E-state index contributed by atoms with van der Waals surface area (Å²) in [7, 11) is 0. The number of urea groups is 1. The molecule has 0 unspecified atom stereocenters. The van der Waals surface area contributed by atoms with E-state index in [-0.39, 0.29) is 24.0 Å². The van der Waals surface area contributed by atoms with Crippen LogP contribution < -0.4 is 15.0 Å². The van der Waals surface area contributed by atoms with Crippen LogP contribution in [0.25, 0.3) is 0 Å². The van der Waals surface area contributed by atoms with Crippen molar-refractivity contribution in [3.8, 4) is 5.75 Å². The summed E-state index contributed by atoms with van der Waals surface area (Å²) < 4.78 is 6.06. The summed E-state index contributed by atoms with van der Waals surface area (Å²) in [6, 6.07) is 14.4. The van der Waals surface area contributed by atoms with Crippen LogP contribution in [0.3, 0.4) is 0 Å². The first-order valence-electron chi connectivity index (χ1n) is 12.1. The number of nitrogens with one attached hydrogen (secondary N) is 1. The van der Waals surface area contributed by atoms with Crippen molar-refractivity contribution >= 4 is 17.6 Å². The fourth-order valence-electron chi connectivity index (χ4n) is 4.58. The second kappa shape index (κ2) is 10.3. The maximum absolute atomic E-state index is 13.4. The van der Waals surface area contributed by atoms with Crippen molar-refractivity contribution in [1.29, 1.82) is 0 Å². The lowest BCUT2D eigenvalue weighted by molar-refractivity contribution is -0.126. The van der Waals surface area contributed by atoms with Crippen molar-refractivity contribution in [2.24, 2.45) is 5.92 Å². The summed E-state index contributed by atoms with van der Waals surface area (Å²) in [6.45, 7) is 8.58. The maximum Gasteiger partial charge on any atom is 0.324 e. The lowest BCUT2D eigenvalue weighted by Crippen LogP contribution is -2.52. The van der Waals surface area contributed by atoms with Gasteiger partial charge in [-0.15, -0.1) is 0 Å². The molecule has 2 aromatic carbocycles. The van der Waals surface area contributed by atoms with Crippen LogP contribution in [-0.4, -0.2) is 49.1 Å². The van der Waals surface area contributed by atoms with Gasteiger partial charge in [0, 0.05) is 25.6 Å². The molecule has 2 aromatic rings. The number of ether oxygens (including phenoxy) is 1. The van der Waals surface area contributed by atoms with Gasteiger partial charge in [0.15, 0.2) is 0 Å². The predicted octanol–water partition coefficient (Wildman–Crippen LogP) is 4.47. The SMILES string of the molecule is CC[C@H]1CN(C(=O)N2CCC(C(=O)NCCc3ccc(C)cc3)CC2)c2cc(C)ccc2O1. The Morgan fingerprint density at radius 3 is 2.42 bits per heavy atom. The molecule has 0 spiro atoms. The monoisotopic (exact) mass is 449 g/mol. The lowest BCUT2D eigenvalue weighted by atomic mass is 9.96. The Hall–Kier alpha value is -3.02. The number of likely N-dealkylation sites (tertiary alicyclic amines) is 1. The molecule has 3 amide bonds. The van der Waals surface area contributed by atoms with Gasteiger partial charge in [-0.2, -0.15) is 0 Å². The van der Waals surface area contributed by atoms with E-state index >= 15 is 0 Å². The average molecular weight is 450 g/mol. The fraction of sp³-hybridized carbons (Fsp3) is 0.481. The van der Waals surface area contributed by atoms with Gasteiger partial charge in [-0.1, -0.05) is 42.8 Å². The van der Waals surface area contributed by atoms with Crippen molar-refractivity contribution in [1.82, 2.24) is 10.2 Å². The quantitative estimate of drug-likeness (QED) is 0.733. The molecule has 1 saturated heterocycles. The van der Waals surface area contributed by atoms with Gasteiger partial charge in [-0.05, 0) is 62.8 Å². The van der Waals surface area contributed by atoms with Crippen molar-refractivity contribution in [3.05, 3.63) is 59.2 Å². The van der Waals surface area contributed by atoms with Crippen molar-refractivity contribution in [2.75, 3.05) is 31.1 Å². The molecule has 2 aliphatic heterocycles. The number of aryl methyl sites for hydroxylation is 2. The fourth-order valence-corrected chi connectivity index (χ4v) is 4.58. The number of amides is 3. The number of fused-ring (bicyclic) bond motifs is 1. The number of hydrogen-bond donors (Lipinski definition) is 1. The smallest absolute Gasteiger partial charge is 0.324 e. The van der Waals surface area contributed by atoms with Gasteiger partial charge in [0.1, 0.15) is 11.9 Å². The molecule has 1 atom stereocenters. The summed E-state index contributed by atoms with van der Waals surface area (Å²) in [4.78, 5) is 29.8. The number of rotatable bonds is 5. The zero-order valence-corrected chi connectivity index (χ0v) is 20.0. The van der Waals surface area contributed by atoms with E-state index in [1.807, 2.05) is 34.9 Å². The van der Waals surface area contributed by atoms with E-state index in [1.54, 1.807) is 0 Å². The molecule has 1 N–H and O–H groups in total. The van der Waals surface area contributed by atoms with E-state index in [4.69, 9.17) is 4.74 Å². The predicted molar refractivity (Wildman–Crippen MR) is 131 cm³/mol. The van der Waals surface area contributed by atoms with Gasteiger partial charge in [0.05, 0.1) is 12.2 Å². The van der Waals surface area contributed by atoms with Crippen LogP contribution in [0, 0.1) is 19.8 Å². The molecule has 0 saturated carbocycles. The van der Waals surface area contributed by atoms with Gasteiger partial charge < -0.3 is 15.0 Å². The highest BCUT2D eigenvalue weighted by atomic mass is 16.5. The van der Waals surface area contributed by atoms with Crippen molar-refractivity contribution < 1.29 is 14.3 Å². The zero-order valence-electron chi connectivity index (χ0n) is 20.0. The Morgan fingerprint density at radius 1 is 1.03 bits per heavy atom. The van der Waals surface area contributed by atoms with E-state index in [2.05, 4.69) is 43.4 Å². The topological polar surface area (TPSA) is 61.9 Å². The molecule has 33 heavy (non-hydrogen) atoms. The minimum atomic E-state index is -0.0327. The molecule has 6 heteroatoms. The number of piperidine rings is 1. The second-order valence-corrected chi connectivity index (χ2v) is 9.30. The molecular weight excluding hydrogens is 414 g/mol. The Labute approximate surface area is 196 Å². The highest BCUT2D eigenvalue weighted by molar-refractivity contribution is 5.94. The van der Waals surface area contributed by atoms with E-state index in [0.29, 0.717) is 39.0 Å². The third-order valence-electron chi connectivity index (χ3n) is 6.74. The van der Waals surface area contributed by atoms with E-state index < -0.39 is 0 Å². The standard InChI is InChI=1S/C27H35N3O3/c1-4-23-18-30(24-17-20(3)7-10-25(24)33-23)27(32)29-15-12-22(13-16-29)26(31)28-14-11-21-8-5-19(2)6-9-21/h5-10,17,22-23H,4,11-16,18H2,1-3H3,(H,28,31)/t23-/m0/s1. The highest BCUT2D eigenvalue weighted by Crippen LogP contribution is 2.36. The van der Waals surface area contributed by atoms with Crippen LogP contribution in [0.2, 0.25) is 0 Å². The molecule has 0 bridgehead atoms. The van der Waals surface area contributed by atoms with Crippen molar-refractivity contribution in [3.63, 3.8) is 0 Å². The van der Waals surface area contributed by atoms with Gasteiger partial charge in [0.25, 0.3) is 0 Å². The molecule has 1 fully saturated rings. The van der Waals surface area contributed by atoms with Crippen LogP contribution in [0.4, 0.5) is 10.5 Å². The number of carbonyl (C=O) groups excluding carboxylic acids is 2. The summed E-state index contributed by atoms with van der Waals surface area (Å²) in [6.07, 6.45) is 3.08. The van der Waals surface area contributed by atoms with E-state index in [0.717, 1.165) is 29.8 Å². The molecule has 0 aliphatic carbocycles. The van der Waals surface area contributed by atoms with Crippen LogP contribution in [0.5, 0.6) is 5.75 Å². The maximum atomic E-state index is 13.4. The van der Waals surface area contributed by atoms with E-state index in [1.165, 1.54) is 11.1 Å². The zero-order chi connectivity index (χ0) is 23.4. The number of carbonyl (C=O) groups is 2. The van der Waals surface area contributed by atoms with Crippen LogP contribution in [0.1, 0.15) is 42.9 Å². The number of hydrogen-bond acceptors (Lipinski definition) is 3.